The second kappa shape index (κ2) is 3.46. The van der Waals surface area contributed by atoms with Crippen LogP contribution < -0.4 is 5.73 Å². The topological polar surface area (TPSA) is 66.9 Å². The molecule has 0 amide bonds. The first kappa shape index (κ1) is 9.56. The van der Waals surface area contributed by atoms with Gasteiger partial charge in [-0.1, -0.05) is 11.6 Å². The molecule has 0 aromatic heterocycles. The van der Waals surface area contributed by atoms with E-state index < -0.39 is 0 Å². The molecule has 0 saturated heterocycles. The highest BCUT2D eigenvalue weighted by Gasteiger charge is 2.13. The van der Waals surface area contributed by atoms with E-state index in [1.165, 1.54) is 19.1 Å². The molecule has 0 heterocycles. The predicted octanol–water partition coefficient (Wildman–Crippen LogP) is 2.00. The first-order valence-electron chi connectivity index (χ1n) is 3.57. The molecule has 1 aromatic rings. The van der Waals surface area contributed by atoms with Crippen molar-refractivity contribution in [3.05, 3.63) is 28.3 Å². The number of carbonyl (C=O) groups excluding carboxylic acids is 1. The first-order valence-corrected chi connectivity index (χ1v) is 3.94. The molecular weight excluding hydrogens is 188 g/mol. The SMILES string of the molecule is CC(=O)c1c(C#N)ccc(Cl)c1N. The lowest BCUT2D eigenvalue weighted by Gasteiger charge is -2.05. The van der Waals surface area contributed by atoms with Crippen molar-refractivity contribution in [2.24, 2.45) is 0 Å². The van der Waals surface area contributed by atoms with Gasteiger partial charge in [-0.15, -0.1) is 0 Å². The number of hydrogen-bond donors (Lipinski definition) is 1. The molecule has 0 saturated carbocycles. The van der Waals surface area contributed by atoms with Crippen LogP contribution >= 0.6 is 11.6 Å². The number of carbonyl (C=O) groups is 1. The molecule has 66 valence electrons. The van der Waals surface area contributed by atoms with Crippen LogP contribution in [0.15, 0.2) is 12.1 Å². The molecular formula is C9H7ClN2O. The van der Waals surface area contributed by atoms with Gasteiger partial charge in [-0.3, -0.25) is 4.79 Å². The summed E-state index contributed by atoms with van der Waals surface area (Å²) >= 11 is 5.70. The van der Waals surface area contributed by atoms with Crippen LogP contribution in [-0.2, 0) is 0 Å². The number of hydrogen-bond acceptors (Lipinski definition) is 3. The van der Waals surface area contributed by atoms with Crippen molar-refractivity contribution in [1.29, 1.82) is 5.26 Å². The molecule has 4 heteroatoms. The summed E-state index contributed by atoms with van der Waals surface area (Å²) in [5.74, 6) is -0.253. The fraction of sp³-hybridized carbons (Fsp3) is 0.111. The summed E-state index contributed by atoms with van der Waals surface area (Å²) in [5.41, 5.74) is 6.19. The maximum atomic E-state index is 11.1. The van der Waals surface area contributed by atoms with E-state index in [1.54, 1.807) is 0 Å². The van der Waals surface area contributed by atoms with E-state index in [-0.39, 0.29) is 22.6 Å². The predicted molar refractivity (Wildman–Crippen MR) is 50.6 cm³/mol. The summed E-state index contributed by atoms with van der Waals surface area (Å²) in [5, 5.41) is 8.98. The van der Waals surface area contributed by atoms with Gasteiger partial charge in [0.15, 0.2) is 5.78 Å². The number of Topliss-reactive ketones (excluding diaryl/α,β-unsaturated/α-hetero) is 1. The molecule has 1 aromatic carbocycles. The summed E-state index contributed by atoms with van der Waals surface area (Å²) in [6.45, 7) is 1.35. The van der Waals surface area contributed by atoms with E-state index in [2.05, 4.69) is 0 Å². The maximum Gasteiger partial charge on any atom is 0.163 e. The molecule has 0 radical (unpaired) electrons. The van der Waals surface area contributed by atoms with Gasteiger partial charge < -0.3 is 5.73 Å². The Balaban J connectivity index is 3.53. The largest absolute Gasteiger partial charge is 0.397 e. The molecule has 2 N–H and O–H groups in total. The lowest BCUT2D eigenvalue weighted by atomic mass is 10.0. The third kappa shape index (κ3) is 1.63. The third-order valence-corrected chi connectivity index (χ3v) is 1.99. The molecule has 0 aliphatic carbocycles. The average Bonchev–Trinajstić information content (AvgIpc) is 2.08. The monoisotopic (exact) mass is 194 g/mol. The zero-order valence-electron chi connectivity index (χ0n) is 6.97. The van der Waals surface area contributed by atoms with E-state index >= 15 is 0 Å². The van der Waals surface area contributed by atoms with Crippen LogP contribution in [0, 0.1) is 11.3 Å². The van der Waals surface area contributed by atoms with Crippen molar-refractivity contribution in [3.8, 4) is 6.07 Å². The normalized spacial score (nSPS) is 9.31. The zero-order valence-corrected chi connectivity index (χ0v) is 7.72. The number of ketones is 1. The maximum absolute atomic E-state index is 11.1. The highest BCUT2D eigenvalue weighted by Crippen LogP contribution is 2.25. The Hall–Kier alpha value is -1.53. The van der Waals surface area contributed by atoms with E-state index in [4.69, 9.17) is 22.6 Å². The summed E-state index contributed by atoms with van der Waals surface area (Å²) < 4.78 is 0. The van der Waals surface area contributed by atoms with E-state index in [0.717, 1.165) is 0 Å². The summed E-state index contributed by atoms with van der Waals surface area (Å²) in [6.07, 6.45) is 0. The lowest BCUT2D eigenvalue weighted by molar-refractivity contribution is 0.101. The Bertz CT molecular complexity index is 407. The minimum Gasteiger partial charge on any atom is -0.397 e. The highest BCUT2D eigenvalue weighted by molar-refractivity contribution is 6.34. The minimum atomic E-state index is -0.253. The van der Waals surface area contributed by atoms with Crippen molar-refractivity contribution >= 4 is 23.1 Å². The molecule has 1 rings (SSSR count). The average molecular weight is 195 g/mol. The Morgan fingerprint density at radius 3 is 2.69 bits per heavy atom. The highest BCUT2D eigenvalue weighted by atomic mass is 35.5. The second-order valence-corrected chi connectivity index (χ2v) is 2.96. The number of nitriles is 1. The fourth-order valence-electron chi connectivity index (χ4n) is 1.07. The second-order valence-electron chi connectivity index (χ2n) is 2.55. The number of nitrogens with two attached hydrogens (primary N) is 1. The van der Waals surface area contributed by atoms with Crippen LogP contribution in [0.3, 0.4) is 0 Å². The van der Waals surface area contributed by atoms with Gasteiger partial charge in [0.25, 0.3) is 0 Å². The zero-order chi connectivity index (χ0) is 10.0. The van der Waals surface area contributed by atoms with Gasteiger partial charge in [0, 0.05) is 0 Å². The molecule has 13 heavy (non-hydrogen) atoms. The fourth-order valence-corrected chi connectivity index (χ4v) is 1.22. The third-order valence-electron chi connectivity index (χ3n) is 1.66. The molecule has 0 spiro atoms. The minimum absolute atomic E-state index is 0.174. The number of halogens is 1. The summed E-state index contributed by atoms with van der Waals surface area (Å²) in [6, 6.07) is 4.87. The van der Waals surface area contributed by atoms with E-state index in [1.807, 2.05) is 6.07 Å². The van der Waals surface area contributed by atoms with Crippen molar-refractivity contribution in [1.82, 2.24) is 0 Å². The van der Waals surface area contributed by atoms with Crippen LogP contribution in [0.4, 0.5) is 5.69 Å². The molecule has 0 fully saturated rings. The van der Waals surface area contributed by atoms with Gasteiger partial charge >= 0.3 is 0 Å². The van der Waals surface area contributed by atoms with E-state index in [0.29, 0.717) is 5.02 Å². The lowest BCUT2D eigenvalue weighted by Crippen LogP contribution is -2.03. The van der Waals surface area contributed by atoms with Gasteiger partial charge in [-0.05, 0) is 19.1 Å². The molecule has 0 bridgehead atoms. The van der Waals surface area contributed by atoms with Crippen LogP contribution in [0.25, 0.3) is 0 Å². The molecule has 0 atom stereocenters. The van der Waals surface area contributed by atoms with Crippen molar-refractivity contribution in [2.75, 3.05) is 5.73 Å². The quantitative estimate of drug-likeness (QED) is 0.549. The van der Waals surface area contributed by atoms with Gasteiger partial charge in [-0.2, -0.15) is 5.26 Å². The Labute approximate surface area is 80.7 Å². The molecule has 0 aliphatic heterocycles. The van der Waals surface area contributed by atoms with Crippen LogP contribution in [0.2, 0.25) is 5.02 Å². The van der Waals surface area contributed by atoms with Crippen LogP contribution in [0.5, 0.6) is 0 Å². The number of anilines is 1. The number of rotatable bonds is 1. The van der Waals surface area contributed by atoms with Crippen LogP contribution in [0.1, 0.15) is 22.8 Å². The van der Waals surface area contributed by atoms with Gasteiger partial charge in [0.1, 0.15) is 0 Å². The molecule has 3 nitrogen and oxygen atoms in total. The molecule has 0 aliphatic rings. The van der Waals surface area contributed by atoms with Crippen molar-refractivity contribution in [2.45, 2.75) is 6.92 Å². The van der Waals surface area contributed by atoms with Gasteiger partial charge in [0.2, 0.25) is 0 Å². The number of benzene rings is 1. The summed E-state index contributed by atoms with van der Waals surface area (Å²) in [7, 11) is 0. The van der Waals surface area contributed by atoms with E-state index in [9.17, 15) is 4.79 Å². The first-order chi connectivity index (χ1) is 6.07. The Morgan fingerprint density at radius 1 is 1.62 bits per heavy atom. The Morgan fingerprint density at radius 2 is 2.23 bits per heavy atom. The smallest absolute Gasteiger partial charge is 0.163 e. The number of nitrogens with zero attached hydrogens (tertiary/aromatic N) is 1. The van der Waals surface area contributed by atoms with Crippen molar-refractivity contribution in [3.63, 3.8) is 0 Å². The van der Waals surface area contributed by atoms with Gasteiger partial charge in [-0.25, -0.2) is 0 Å². The van der Waals surface area contributed by atoms with Crippen LogP contribution in [-0.4, -0.2) is 5.78 Å². The van der Waals surface area contributed by atoms with Crippen molar-refractivity contribution < 1.29 is 4.79 Å². The molecule has 0 unspecified atom stereocenters. The number of nitrogen functional groups attached to an aromatic ring is 1. The Kier molecular flexibility index (Phi) is 2.54. The standard InChI is InChI=1S/C9H7ClN2O/c1-5(13)8-6(4-11)2-3-7(10)9(8)12/h2-3H,12H2,1H3. The summed E-state index contributed by atoms with van der Waals surface area (Å²) in [4.78, 5) is 11.1. The van der Waals surface area contributed by atoms with Gasteiger partial charge in [0.05, 0.1) is 27.9 Å².